The standard InChI is InChI=1S/C17H20N2O2/c1-18-15-8-6-14(7-9-15)17(20)19-11-10-13-4-3-5-16(12-13)21-2/h3-9,12,18H,10-11H2,1-2H3,(H,19,20). The Morgan fingerprint density at radius 1 is 1.14 bits per heavy atom. The number of benzene rings is 2. The van der Waals surface area contributed by atoms with E-state index in [1.54, 1.807) is 7.11 Å². The SMILES string of the molecule is CNc1ccc(C(=O)NCCc2cccc(OC)c2)cc1. The first-order valence-electron chi connectivity index (χ1n) is 6.92. The highest BCUT2D eigenvalue weighted by Crippen LogP contribution is 2.13. The Hall–Kier alpha value is -2.49. The van der Waals surface area contributed by atoms with E-state index >= 15 is 0 Å². The van der Waals surface area contributed by atoms with Crippen molar-refractivity contribution in [3.63, 3.8) is 0 Å². The molecule has 0 aliphatic heterocycles. The van der Waals surface area contributed by atoms with Gasteiger partial charge in [0.1, 0.15) is 5.75 Å². The third-order valence-electron chi connectivity index (χ3n) is 3.27. The Morgan fingerprint density at radius 2 is 1.90 bits per heavy atom. The summed E-state index contributed by atoms with van der Waals surface area (Å²) in [6.45, 7) is 0.597. The minimum absolute atomic E-state index is 0.0550. The lowest BCUT2D eigenvalue weighted by Gasteiger charge is -2.07. The van der Waals surface area contributed by atoms with Crippen molar-refractivity contribution in [2.24, 2.45) is 0 Å². The van der Waals surface area contributed by atoms with Gasteiger partial charge in [-0.15, -0.1) is 0 Å². The Balaban J connectivity index is 1.85. The van der Waals surface area contributed by atoms with Crippen molar-refractivity contribution in [1.82, 2.24) is 5.32 Å². The summed E-state index contributed by atoms with van der Waals surface area (Å²) in [6.07, 6.45) is 0.775. The number of amides is 1. The first-order valence-corrected chi connectivity index (χ1v) is 6.92. The van der Waals surface area contributed by atoms with Gasteiger partial charge in [0.25, 0.3) is 5.91 Å². The largest absolute Gasteiger partial charge is 0.497 e. The smallest absolute Gasteiger partial charge is 0.251 e. The molecule has 4 nitrogen and oxygen atoms in total. The summed E-state index contributed by atoms with van der Waals surface area (Å²) in [5, 5.41) is 5.95. The van der Waals surface area contributed by atoms with Crippen LogP contribution in [0, 0.1) is 0 Å². The summed E-state index contributed by atoms with van der Waals surface area (Å²) in [6, 6.07) is 15.3. The van der Waals surface area contributed by atoms with Gasteiger partial charge in [0.05, 0.1) is 7.11 Å². The lowest BCUT2D eigenvalue weighted by Crippen LogP contribution is -2.25. The quantitative estimate of drug-likeness (QED) is 0.857. The predicted octanol–water partition coefficient (Wildman–Crippen LogP) is 2.71. The number of ether oxygens (including phenoxy) is 1. The van der Waals surface area contributed by atoms with Gasteiger partial charge in [0, 0.05) is 24.8 Å². The first kappa shape index (κ1) is 14.9. The molecule has 2 N–H and O–H groups in total. The molecule has 0 fully saturated rings. The van der Waals surface area contributed by atoms with Gasteiger partial charge >= 0.3 is 0 Å². The number of anilines is 1. The fraction of sp³-hybridized carbons (Fsp3) is 0.235. The second-order valence-electron chi connectivity index (χ2n) is 4.68. The second-order valence-corrected chi connectivity index (χ2v) is 4.68. The molecule has 4 heteroatoms. The van der Waals surface area contributed by atoms with E-state index in [0.717, 1.165) is 23.4 Å². The minimum Gasteiger partial charge on any atom is -0.497 e. The van der Waals surface area contributed by atoms with Crippen LogP contribution in [0.2, 0.25) is 0 Å². The predicted molar refractivity (Wildman–Crippen MR) is 85.0 cm³/mol. The molecule has 2 aromatic rings. The zero-order valence-corrected chi connectivity index (χ0v) is 12.3. The zero-order chi connectivity index (χ0) is 15.1. The number of hydrogen-bond acceptors (Lipinski definition) is 3. The van der Waals surface area contributed by atoms with E-state index in [4.69, 9.17) is 4.74 Å². The van der Waals surface area contributed by atoms with Crippen LogP contribution in [0.4, 0.5) is 5.69 Å². The maximum atomic E-state index is 12.0. The first-order chi connectivity index (χ1) is 10.2. The van der Waals surface area contributed by atoms with Crippen molar-refractivity contribution in [3.05, 3.63) is 59.7 Å². The van der Waals surface area contributed by atoms with Crippen molar-refractivity contribution in [1.29, 1.82) is 0 Å². The summed E-state index contributed by atoms with van der Waals surface area (Å²) in [4.78, 5) is 12.0. The molecule has 0 unspecified atom stereocenters. The van der Waals surface area contributed by atoms with Gasteiger partial charge in [0.2, 0.25) is 0 Å². The van der Waals surface area contributed by atoms with Crippen LogP contribution in [0.25, 0.3) is 0 Å². The van der Waals surface area contributed by atoms with E-state index in [9.17, 15) is 4.79 Å². The summed E-state index contributed by atoms with van der Waals surface area (Å²) in [7, 11) is 3.50. The van der Waals surface area contributed by atoms with Gasteiger partial charge in [0.15, 0.2) is 0 Å². The summed E-state index contributed by atoms with van der Waals surface area (Å²) >= 11 is 0. The van der Waals surface area contributed by atoms with Crippen LogP contribution in [0.3, 0.4) is 0 Å². The van der Waals surface area contributed by atoms with Crippen LogP contribution in [0.1, 0.15) is 15.9 Å². The molecule has 110 valence electrons. The highest BCUT2D eigenvalue weighted by molar-refractivity contribution is 5.94. The van der Waals surface area contributed by atoms with E-state index < -0.39 is 0 Å². The molecule has 0 aliphatic rings. The van der Waals surface area contributed by atoms with Crippen molar-refractivity contribution in [2.45, 2.75) is 6.42 Å². The fourth-order valence-corrected chi connectivity index (χ4v) is 2.04. The molecular weight excluding hydrogens is 264 g/mol. The highest BCUT2D eigenvalue weighted by atomic mass is 16.5. The molecule has 0 radical (unpaired) electrons. The lowest BCUT2D eigenvalue weighted by atomic mass is 10.1. The van der Waals surface area contributed by atoms with Crippen LogP contribution >= 0.6 is 0 Å². The molecule has 0 aromatic heterocycles. The molecule has 0 saturated heterocycles. The zero-order valence-electron chi connectivity index (χ0n) is 12.3. The molecule has 0 bridgehead atoms. The van der Waals surface area contributed by atoms with Crippen LogP contribution in [-0.4, -0.2) is 26.6 Å². The molecule has 0 spiro atoms. The Morgan fingerprint density at radius 3 is 2.57 bits per heavy atom. The molecule has 1 amide bonds. The van der Waals surface area contributed by atoms with E-state index in [2.05, 4.69) is 10.6 Å². The topological polar surface area (TPSA) is 50.4 Å². The molecule has 0 aliphatic carbocycles. The van der Waals surface area contributed by atoms with E-state index in [1.165, 1.54) is 0 Å². The number of carbonyl (C=O) groups excluding carboxylic acids is 1. The molecule has 21 heavy (non-hydrogen) atoms. The summed E-state index contributed by atoms with van der Waals surface area (Å²) in [5.74, 6) is 0.780. The van der Waals surface area contributed by atoms with Crippen molar-refractivity contribution in [2.75, 3.05) is 26.0 Å². The number of nitrogens with one attached hydrogen (secondary N) is 2. The van der Waals surface area contributed by atoms with Gasteiger partial charge in [-0.25, -0.2) is 0 Å². The van der Waals surface area contributed by atoms with Crippen LogP contribution in [-0.2, 0) is 6.42 Å². The maximum absolute atomic E-state index is 12.0. The Bertz CT molecular complexity index is 594. The van der Waals surface area contributed by atoms with Gasteiger partial charge in [-0.1, -0.05) is 12.1 Å². The van der Waals surface area contributed by atoms with Crippen LogP contribution in [0.15, 0.2) is 48.5 Å². The van der Waals surface area contributed by atoms with E-state index in [-0.39, 0.29) is 5.91 Å². The highest BCUT2D eigenvalue weighted by Gasteiger charge is 2.04. The van der Waals surface area contributed by atoms with Crippen molar-refractivity contribution < 1.29 is 9.53 Å². The number of rotatable bonds is 6. The monoisotopic (exact) mass is 284 g/mol. The molecular formula is C17H20N2O2. The van der Waals surface area contributed by atoms with Gasteiger partial charge in [-0.2, -0.15) is 0 Å². The van der Waals surface area contributed by atoms with Crippen LogP contribution < -0.4 is 15.4 Å². The average Bonchev–Trinajstić information content (AvgIpc) is 2.55. The molecule has 2 aromatic carbocycles. The normalized spacial score (nSPS) is 10.0. The van der Waals surface area contributed by atoms with Crippen molar-refractivity contribution >= 4 is 11.6 Å². The summed E-state index contributed by atoms with van der Waals surface area (Å²) < 4.78 is 5.18. The minimum atomic E-state index is -0.0550. The maximum Gasteiger partial charge on any atom is 0.251 e. The molecule has 2 rings (SSSR count). The lowest BCUT2D eigenvalue weighted by molar-refractivity contribution is 0.0954. The van der Waals surface area contributed by atoms with Gasteiger partial charge < -0.3 is 15.4 Å². The fourth-order valence-electron chi connectivity index (χ4n) is 2.04. The number of hydrogen-bond donors (Lipinski definition) is 2. The third kappa shape index (κ3) is 4.24. The van der Waals surface area contributed by atoms with Crippen molar-refractivity contribution in [3.8, 4) is 5.75 Å². The Kier molecular flexibility index (Phi) is 5.21. The summed E-state index contributed by atoms with van der Waals surface area (Å²) in [5.41, 5.74) is 2.79. The molecule has 0 heterocycles. The van der Waals surface area contributed by atoms with E-state index in [0.29, 0.717) is 12.1 Å². The number of methoxy groups -OCH3 is 1. The van der Waals surface area contributed by atoms with Gasteiger partial charge in [-0.05, 0) is 48.4 Å². The average molecular weight is 284 g/mol. The van der Waals surface area contributed by atoms with Crippen LogP contribution in [0.5, 0.6) is 5.75 Å². The molecule has 0 atom stereocenters. The molecule has 0 saturated carbocycles. The van der Waals surface area contributed by atoms with E-state index in [1.807, 2.05) is 55.6 Å². The number of carbonyl (C=O) groups is 1. The van der Waals surface area contributed by atoms with Gasteiger partial charge in [-0.3, -0.25) is 4.79 Å². The second kappa shape index (κ2) is 7.33. The Labute approximate surface area is 125 Å². The third-order valence-corrected chi connectivity index (χ3v) is 3.27.